The van der Waals surface area contributed by atoms with Gasteiger partial charge in [0.05, 0.1) is 19.8 Å². The number of allylic oxidation sites excluding steroid dienone is 2. The number of hydrogen-bond acceptors (Lipinski definition) is 5. The third-order valence-corrected chi connectivity index (χ3v) is 6.47. The first-order valence-electron chi connectivity index (χ1n) is 10.6. The van der Waals surface area contributed by atoms with Crippen LogP contribution in [0.15, 0.2) is 58.5 Å². The van der Waals surface area contributed by atoms with Crippen molar-refractivity contribution in [3.8, 4) is 11.5 Å². The van der Waals surface area contributed by atoms with Crippen molar-refractivity contribution in [3.63, 3.8) is 0 Å². The number of carbonyl (C=O) groups is 1. The Morgan fingerprint density at radius 3 is 2.31 bits per heavy atom. The van der Waals surface area contributed by atoms with Crippen molar-refractivity contribution in [2.45, 2.75) is 31.6 Å². The van der Waals surface area contributed by atoms with Gasteiger partial charge in [-0.25, -0.2) is 0 Å². The van der Waals surface area contributed by atoms with Crippen molar-refractivity contribution in [1.82, 2.24) is 10.2 Å². The van der Waals surface area contributed by atoms with Gasteiger partial charge in [0.25, 0.3) is 5.56 Å². The number of H-pyrrole nitrogens is 2. The standard InChI is InChI=1S/C25H25N3O4/c1-13-4-6-14(7-5-13)21-22-17(26-24-23(21)25(30)28-27-24)10-16(11-18(22)29)15-8-9-19(31-2)20(12-15)32-3/h4-9,12,16,21H,10-11H2,1-3H3,(H3,26,27,28,30). The number of nitrogens with one attached hydrogen (secondary N) is 3. The first-order chi connectivity index (χ1) is 15.5. The molecule has 2 aromatic carbocycles. The summed E-state index contributed by atoms with van der Waals surface area (Å²) in [6.45, 7) is 2.02. The number of ketones is 1. The lowest BCUT2D eigenvalue weighted by Gasteiger charge is -2.34. The molecular weight excluding hydrogens is 406 g/mol. The average molecular weight is 431 g/mol. The summed E-state index contributed by atoms with van der Waals surface area (Å²) in [5, 5.41) is 8.94. The lowest BCUT2D eigenvalue weighted by atomic mass is 9.72. The Bertz CT molecular complexity index is 1280. The summed E-state index contributed by atoms with van der Waals surface area (Å²) in [7, 11) is 3.21. The van der Waals surface area contributed by atoms with E-state index in [1.807, 2.05) is 49.4 Å². The van der Waals surface area contributed by atoms with Gasteiger partial charge in [-0.05, 0) is 42.5 Å². The Labute approximate surface area is 185 Å². The SMILES string of the molecule is COc1ccc(C2CC(=O)C3=C(C2)Nc2[nH][nH]c(=O)c2C3c2ccc(C)cc2)cc1OC. The molecule has 2 atom stereocenters. The molecule has 1 aliphatic heterocycles. The molecule has 164 valence electrons. The van der Waals surface area contributed by atoms with Crippen LogP contribution in [0.4, 0.5) is 5.82 Å². The zero-order chi connectivity index (χ0) is 22.4. The van der Waals surface area contributed by atoms with Crippen LogP contribution in [-0.4, -0.2) is 30.2 Å². The van der Waals surface area contributed by atoms with Crippen LogP contribution in [0.3, 0.4) is 0 Å². The Kier molecular flexibility index (Phi) is 4.89. The van der Waals surface area contributed by atoms with Crippen molar-refractivity contribution >= 4 is 11.6 Å². The predicted molar refractivity (Wildman–Crippen MR) is 122 cm³/mol. The third kappa shape index (κ3) is 3.21. The van der Waals surface area contributed by atoms with Crippen molar-refractivity contribution in [3.05, 3.63) is 86.3 Å². The number of ether oxygens (including phenoxy) is 2. The van der Waals surface area contributed by atoms with E-state index in [1.165, 1.54) is 0 Å². The van der Waals surface area contributed by atoms with Crippen molar-refractivity contribution in [1.29, 1.82) is 0 Å². The Balaban J connectivity index is 1.58. The summed E-state index contributed by atoms with van der Waals surface area (Å²) in [4.78, 5) is 26.1. The highest BCUT2D eigenvalue weighted by atomic mass is 16.5. The van der Waals surface area contributed by atoms with Crippen LogP contribution in [0.5, 0.6) is 11.5 Å². The zero-order valence-electron chi connectivity index (χ0n) is 18.2. The van der Waals surface area contributed by atoms with Crippen molar-refractivity contribution < 1.29 is 14.3 Å². The molecule has 7 heteroatoms. The lowest BCUT2D eigenvalue weighted by molar-refractivity contribution is -0.116. The minimum absolute atomic E-state index is 0.000521. The number of aromatic amines is 2. The predicted octanol–water partition coefficient (Wildman–Crippen LogP) is 3.99. The highest BCUT2D eigenvalue weighted by Gasteiger charge is 2.40. The first-order valence-corrected chi connectivity index (χ1v) is 10.6. The topological polar surface area (TPSA) is 96.2 Å². The average Bonchev–Trinajstić information content (AvgIpc) is 3.18. The van der Waals surface area contributed by atoms with Gasteiger partial charge in [0.15, 0.2) is 17.3 Å². The number of methoxy groups -OCH3 is 2. The number of anilines is 1. The van der Waals surface area contributed by atoms with E-state index < -0.39 is 5.92 Å². The molecule has 0 bridgehead atoms. The monoisotopic (exact) mass is 431 g/mol. The number of hydrogen-bond donors (Lipinski definition) is 3. The third-order valence-electron chi connectivity index (χ3n) is 6.47. The fourth-order valence-corrected chi connectivity index (χ4v) is 4.86. The second kappa shape index (κ2) is 7.75. The smallest absolute Gasteiger partial charge is 0.270 e. The molecule has 2 aliphatic rings. The van der Waals surface area contributed by atoms with Gasteiger partial charge in [0.2, 0.25) is 0 Å². The van der Waals surface area contributed by atoms with Gasteiger partial charge < -0.3 is 14.8 Å². The molecule has 1 aliphatic carbocycles. The molecule has 0 amide bonds. The maximum Gasteiger partial charge on any atom is 0.270 e. The summed E-state index contributed by atoms with van der Waals surface area (Å²) in [5.74, 6) is 1.58. The number of benzene rings is 2. The fraction of sp³-hybridized carbons (Fsp3) is 0.280. The molecule has 0 fully saturated rings. The van der Waals surface area contributed by atoms with Gasteiger partial charge in [-0.15, -0.1) is 0 Å². The Hall–Kier alpha value is -3.74. The number of fused-ring (bicyclic) bond motifs is 1. The quantitative estimate of drug-likeness (QED) is 0.581. The van der Waals surface area contributed by atoms with E-state index in [1.54, 1.807) is 14.2 Å². The molecule has 2 unspecified atom stereocenters. The zero-order valence-corrected chi connectivity index (χ0v) is 18.2. The van der Waals surface area contributed by atoms with Crippen LogP contribution in [-0.2, 0) is 4.79 Å². The first kappa shape index (κ1) is 20.2. The summed E-state index contributed by atoms with van der Waals surface area (Å²) in [5.41, 5.74) is 4.98. The van der Waals surface area contributed by atoms with Gasteiger partial charge in [0.1, 0.15) is 5.82 Å². The second-order valence-corrected chi connectivity index (χ2v) is 8.37. The van der Waals surface area contributed by atoms with E-state index in [0.717, 1.165) is 22.4 Å². The molecule has 2 heterocycles. The van der Waals surface area contributed by atoms with E-state index in [9.17, 15) is 9.59 Å². The molecule has 32 heavy (non-hydrogen) atoms. The molecule has 7 nitrogen and oxygen atoms in total. The van der Waals surface area contributed by atoms with E-state index in [4.69, 9.17) is 9.47 Å². The van der Waals surface area contributed by atoms with E-state index >= 15 is 0 Å². The molecule has 5 rings (SSSR count). The van der Waals surface area contributed by atoms with E-state index in [0.29, 0.717) is 41.3 Å². The van der Waals surface area contributed by atoms with Gasteiger partial charge in [-0.2, -0.15) is 0 Å². The Morgan fingerprint density at radius 1 is 0.875 bits per heavy atom. The lowest BCUT2D eigenvalue weighted by Crippen LogP contribution is -2.31. The van der Waals surface area contributed by atoms with Gasteiger partial charge in [-0.1, -0.05) is 35.9 Å². The molecule has 0 saturated heterocycles. The summed E-state index contributed by atoms with van der Waals surface area (Å²) < 4.78 is 10.8. The molecule has 3 aromatic rings. The van der Waals surface area contributed by atoms with Crippen LogP contribution >= 0.6 is 0 Å². The molecule has 0 radical (unpaired) electrons. The minimum atomic E-state index is -0.393. The van der Waals surface area contributed by atoms with Crippen molar-refractivity contribution in [2.24, 2.45) is 0 Å². The number of aryl methyl sites for hydroxylation is 1. The molecule has 0 spiro atoms. The second-order valence-electron chi connectivity index (χ2n) is 8.37. The summed E-state index contributed by atoms with van der Waals surface area (Å²) >= 11 is 0. The fourth-order valence-electron chi connectivity index (χ4n) is 4.86. The molecular formula is C25H25N3O4. The minimum Gasteiger partial charge on any atom is -0.493 e. The maximum absolute atomic E-state index is 13.5. The summed E-state index contributed by atoms with van der Waals surface area (Å²) in [6, 6.07) is 13.8. The van der Waals surface area contributed by atoms with Crippen molar-refractivity contribution in [2.75, 3.05) is 19.5 Å². The molecule has 1 aromatic heterocycles. The van der Waals surface area contributed by atoms with Crippen LogP contribution in [0.1, 0.15) is 46.9 Å². The van der Waals surface area contributed by atoms with Gasteiger partial charge in [0, 0.05) is 23.6 Å². The summed E-state index contributed by atoms with van der Waals surface area (Å²) in [6.07, 6.45) is 1.03. The number of Topliss-reactive ketones (excluding diaryl/α,β-unsaturated/α-hetero) is 1. The highest BCUT2D eigenvalue weighted by Crippen LogP contribution is 2.47. The maximum atomic E-state index is 13.5. The number of aromatic nitrogens is 2. The highest BCUT2D eigenvalue weighted by molar-refractivity contribution is 6.01. The van der Waals surface area contributed by atoms with E-state index in [-0.39, 0.29) is 17.3 Å². The largest absolute Gasteiger partial charge is 0.493 e. The van der Waals surface area contributed by atoms with E-state index in [2.05, 4.69) is 15.5 Å². The number of rotatable bonds is 4. The number of carbonyl (C=O) groups excluding carboxylic acids is 1. The van der Waals surface area contributed by atoms with Crippen LogP contribution < -0.4 is 20.3 Å². The van der Waals surface area contributed by atoms with Crippen LogP contribution in [0.25, 0.3) is 0 Å². The van der Waals surface area contributed by atoms with Gasteiger partial charge in [-0.3, -0.25) is 19.8 Å². The normalized spacial score (nSPS) is 19.8. The Morgan fingerprint density at radius 2 is 1.59 bits per heavy atom. The molecule has 3 N–H and O–H groups in total. The van der Waals surface area contributed by atoms with Gasteiger partial charge >= 0.3 is 0 Å². The van der Waals surface area contributed by atoms with Crippen LogP contribution in [0.2, 0.25) is 0 Å². The molecule has 0 saturated carbocycles. The van der Waals surface area contributed by atoms with Crippen LogP contribution in [0, 0.1) is 6.92 Å².